The summed E-state index contributed by atoms with van der Waals surface area (Å²) < 4.78 is 0. The highest BCUT2D eigenvalue weighted by Crippen LogP contribution is 2.36. The molecule has 1 aliphatic rings. The highest BCUT2D eigenvalue weighted by molar-refractivity contribution is 4.86. The lowest BCUT2D eigenvalue weighted by molar-refractivity contribution is 0.328. The number of nitrogens with one attached hydrogen (secondary N) is 1. The van der Waals surface area contributed by atoms with Gasteiger partial charge in [-0.25, -0.2) is 0 Å². The summed E-state index contributed by atoms with van der Waals surface area (Å²) in [6, 6.07) is 0.773. The molecule has 1 saturated carbocycles. The average molecular weight is 198 g/mol. The van der Waals surface area contributed by atoms with Crippen LogP contribution in [0, 0.1) is 5.41 Å². The molecule has 2 heteroatoms. The van der Waals surface area contributed by atoms with Gasteiger partial charge in [0.2, 0.25) is 0 Å². The van der Waals surface area contributed by atoms with Crippen LogP contribution in [-0.2, 0) is 0 Å². The van der Waals surface area contributed by atoms with E-state index < -0.39 is 0 Å². The summed E-state index contributed by atoms with van der Waals surface area (Å²) in [4.78, 5) is 2.35. The van der Waals surface area contributed by atoms with Gasteiger partial charge in [-0.3, -0.25) is 0 Å². The van der Waals surface area contributed by atoms with Crippen LogP contribution in [0.25, 0.3) is 0 Å². The van der Waals surface area contributed by atoms with E-state index in [1.807, 2.05) is 0 Å². The van der Waals surface area contributed by atoms with Gasteiger partial charge in [0.1, 0.15) is 0 Å². The molecule has 1 N–H and O–H groups in total. The summed E-state index contributed by atoms with van der Waals surface area (Å²) in [5.74, 6) is 0. The minimum Gasteiger partial charge on any atom is -0.313 e. The fourth-order valence-corrected chi connectivity index (χ4v) is 2.23. The minimum absolute atomic E-state index is 0.578. The maximum Gasteiger partial charge on any atom is 0.0104 e. The fourth-order valence-electron chi connectivity index (χ4n) is 2.23. The standard InChI is InChI=1S/C12H26N2/c1-5-14(4)9-8-13-11-6-7-12(2,3)10-11/h11,13H,5-10H2,1-4H3. The number of nitrogens with zero attached hydrogens (tertiary/aromatic N) is 1. The normalized spacial score (nSPS) is 25.9. The van der Waals surface area contributed by atoms with Gasteiger partial charge >= 0.3 is 0 Å². The third kappa shape index (κ3) is 3.97. The van der Waals surface area contributed by atoms with Crippen LogP contribution in [0.2, 0.25) is 0 Å². The van der Waals surface area contributed by atoms with Gasteiger partial charge in [0, 0.05) is 19.1 Å². The summed E-state index contributed by atoms with van der Waals surface area (Å²) in [5.41, 5.74) is 0.578. The molecule has 0 aromatic heterocycles. The van der Waals surface area contributed by atoms with Gasteiger partial charge in [0.25, 0.3) is 0 Å². The Morgan fingerprint density at radius 3 is 2.64 bits per heavy atom. The van der Waals surface area contributed by atoms with Gasteiger partial charge < -0.3 is 10.2 Å². The first kappa shape index (κ1) is 12.0. The molecule has 1 unspecified atom stereocenters. The van der Waals surface area contributed by atoms with Crippen LogP contribution in [0.5, 0.6) is 0 Å². The van der Waals surface area contributed by atoms with E-state index in [-0.39, 0.29) is 0 Å². The molecule has 0 saturated heterocycles. The Labute approximate surface area is 89.1 Å². The van der Waals surface area contributed by atoms with E-state index in [1.54, 1.807) is 0 Å². The Balaban J connectivity index is 2.09. The molecule has 0 aliphatic heterocycles. The van der Waals surface area contributed by atoms with E-state index in [9.17, 15) is 0 Å². The van der Waals surface area contributed by atoms with Crippen LogP contribution in [0.15, 0.2) is 0 Å². The molecule has 0 heterocycles. The van der Waals surface area contributed by atoms with Gasteiger partial charge in [0.05, 0.1) is 0 Å². The molecule has 1 fully saturated rings. The molecule has 84 valence electrons. The Morgan fingerprint density at radius 2 is 2.14 bits per heavy atom. The number of hydrogen-bond donors (Lipinski definition) is 1. The topological polar surface area (TPSA) is 15.3 Å². The predicted molar refractivity (Wildman–Crippen MR) is 62.6 cm³/mol. The van der Waals surface area contributed by atoms with E-state index in [0.717, 1.165) is 19.1 Å². The Kier molecular flexibility index (Phi) is 4.39. The van der Waals surface area contributed by atoms with E-state index >= 15 is 0 Å². The Bertz CT molecular complexity index is 166. The smallest absolute Gasteiger partial charge is 0.0104 e. The summed E-state index contributed by atoms with van der Waals surface area (Å²) in [7, 11) is 2.18. The van der Waals surface area contributed by atoms with Crippen molar-refractivity contribution in [2.45, 2.75) is 46.1 Å². The maximum atomic E-state index is 3.66. The van der Waals surface area contributed by atoms with Crippen molar-refractivity contribution in [2.75, 3.05) is 26.7 Å². The highest BCUT2D eigenvalue weighted by atomic mass is 15.1. The quantitative estimate of drug-likeness (QED) is 0.728. The second-order valence-corrected chi connectivity index (χ2v) is 5.45. The van der Waals surface area contributed by atoms with Crippen LogP contribution >= 0.6 is 0 Å². The molecule has 1 rings (SSSR count). The van der Waals surface area contributed by atoms with Gasteiger partial charge in [0.15, 0.2) is 0 Å². The van der Waals surface area contributed by atoms with Crippen molar-refractivity contribution in [3.63, 3.8) is 0 Å². The van der Waals surface area contributed by atoms with Gasteiger partial charge in [-0.1, -0.05) is 20.8 Å². The molecule has 0 radical (unpaired) electrons. The minimum atomic E-state index is 0.578. The second-order valence-electron chi connectivity index (χ2n) is 5.45. The lowest BCUT2D eigenvalue weighted by Crippen LogP contribution is -2.34. The van der Waals surface area contributed by atoms with Crippen molar-refractivity contribution in [1.29, 1.82) is 0 Å². The third-order valence-electron chi connectivity index (χ3n) is 3.43. The molecular weight excluding hydrogens is 172 g/mol. The summed E-state index contributed by atoms with van der Waals surface area (Å²) in [6.07, 6.45) is 4.10. The van der Waals surface area contributed by atoms with Crippen molar-refractivity contribution in [3.05, 3.63) is 0 Å². The first-order valence-electron chi connectivity index (χ1n) is 5.95. The van der Waals surface area contributed by atoms with E-state index in [4.69, 9.17) is 0 Å². The average Bonchev–Trinajstić information content (AvgIpc) is 2.45. The van der Waals surface area contributed by atoms with Crippen molar-refractivity contribution in [2.24, 2.45) is 5.41 Å². The van der Waals surface area contributed by atoms with Crippen LogP contribution < -0.4 is 5.32 Å². The van der Waals surface area contributed by atoms with Crippen molar-refractivity contribution in [1.82, 2.24) is 10.2 Å². The molecule has 0 bridgehead atoms. The Hall–Kier alpha value is -0.0800. The first-order chi connectivity index (χ1) is 6.53. The van der Waals surface area contributed by atoms with Crippen molar-refractivity contribution in [3.8, 4) is 0 Å². The largest absolute Gasteiger partial charge is 0.313 e. The molecule has 0 aromatic rings. The van der Waals surface area contributed by atoms with E-state index in [0.29, 0.717) is 5.41 Å². The van der Waals surface area contributed by atoms with Gasteiger partial charge in [-0.2, -0.15) is 0 Å². The van der Waals surface area contributed by atoms with E-state index in [2.05, 4.69) is 38.0 Å². The lowest BCUT2D eigenvalue weighted by Gasteiger charge is -2.19. The third-order valence-corrected chi connectivity index (χ3v) is 3.43. The molecule has 0 amide bonds. The van der Waals surface area contributed by atoms with Crippen LogP contribution in [0.4, 0.5) is 0 Å². The molecule has 1 aliphatic carbocycles. The highest BCUT2D eigenvalue weighted by Gasteiger charge is 2.30. The van der Waals surface area contributed by atoms with Crippen LogP contribution in [0.3, 0.4) is 0 Å². The van der Waals surface area contributed by atoms with Gasteiger partial charge in [-0.15, -0.1) is 0 Å². The number of hydrogen-bond acceptors (Lipinski definition) is 2. The van der Waals surface area contributed by atoms with E-state index in [1.165, 1.54) is 25.8 Å². The predicted octanol–water partition coefficient (Wildman–Crippen LogP) is 2.11. The zero-order chi connectivity index (χ0) is 10.6. The SMILES string of the molecule is CCN(C)CCNC1CCC(C)(C)C1. The lowest BCUT2D eigenvalue weighted by atomic mass is 9.92. The monoisotopic (exact) mass is 198 g/mol. The zero-order valence-electron chi connectivity index (χ0n) is 10.3. The summed E-state index contributed by atoms with van der Waals surface area (Å²) in [6.45, 7) is 10.4. The van der Waals surface area contributed by atoms with Crippen molar-refractivity contribution < 1.29 is 0 Å². The van der Waals surface area contributed by atoms with Crippen LogP contribution in [-0.4, -0.2) is 37.6 Å². The van der Waals surface area contributed by atoms with Crippen LogP contribution in [0.1, 0.15) is 40.0 Å². The first-order valence-corrected chi connectivity index (χ1v) is 5.95. The maximum absolute atomic E-state index is 3.66. The Morgan fingerprint density at radius 1 is 1.43 bits per heavy atom. The molecule has 0 spiro atoms. The fraction of sp³-hybridized carbons (Fsp3) is 1.00. The number of likely N-dealkylation sites (N-methyl/N-ethyl adjacent to an activating group) is 1. The molecule has 2 nitrogen and oxygen atoms in total. The second kappa shape index (κ2) is 5.13. The molecule has 14 heavy (non-hydrogen) atoms. The summed E-state index contributed by atoms with van der Waals surface area (Å²) in [5, 5.41) is 3.66. The zero-order valence-corrected chi connectivity index (χ0v) is 10.3. The molecular formula is C12H26N2. The molecule has 0 aromatic carbocycles. The van der Waals surface area contributed by atoms with Gasteiger partial charge in [-0.05, 0) is 38.3 Å². The molecule has 1 atom stereocenters. The van der Waals surface area contributed by atoms with Crippen molar-refractivity contribution >= 4 is 0 Å². The summed E-state index contributed by atoms with van der Waals surface area (Å²) >= 11 is 0. The number of rotatable bonds is 5.